The molecule has 154 valence electrons. The number of fused-ring (bicyclic) bond motifs is 1. The lowest BCUT2D eigenvalue weighted by atomic mass is 10.1. The molecule has 1 atom stereocenters. The van der Waals surface area contributed by atoms with Crippen LogP contribution in [-0.2, 0) is 9.59 Å². The molecule has 0 saturated heterocycles. The molecule has 3 rings (SSSR count). The first-order valence-electron chi connectivity index (χ1n) is 9.57. The van der Waals surface area contributed by atoms with Gasteiger partial charge in [-0.15, -0.1) is 0 Å². The molecule has 1 aliphatic rings. The Labute approximate surface area is 171 Å². The summed E-state index contributed by atoms with van der Waals surface area (Å²) in [6.07, 6.45) is 0. The van der Waals surface area contributed by atoms with E-state index in [-0.39, 0.29) is 37.7 Å². The molecule has 1 heterocycles. The van der Waals surface area contributed by atoms with Crippen LogP contribution in [0.5, 0.6) is 11.5 Å². The van der Waals surface area contributed by atoms with Crippen molar-refractivity contribution < 1.29 is 19.1 Å². The third-order valence-electron chi connectivity index (χ3n) is 4.98. The number of nitrogens with zero attached hydrogens (tertiary/aromatic N) is 1. The van der Waals surface area contributed by atoms with Crippen molar-refractivity contribution in [3.63, 3.8) is 0 Å². The normalized spacial score (nSPS) is 13.3. The van der Waals surface area contributed by atoms with Crippen molar-refractivity contribution in [2.75, 3.05) is 32.2 Å². The lowest BCUT2D eigenvalue weighted by Gasteiger charge is -2.19. The first-order valence-corrected chi connectivity index (χ1v) is 9.57. The van der Waals surface area contributed by atoms with Crippen LogP contribution in [-0.4, -0.2) is 43.6 Å². The summed E-state index contributed by atoms with van der Waals surface area (Å²) < 4.78 is 10.7. The van der Waals surface area contributed by atoms with Gasteiger partial charge in [0, 0.05) is 5.69 Å². The third-order valence-corrected chi connectivity index (χ3v) is 4.98. The van der Waals surface area contributed by atoms with E-state index in [4.69, 9.17) is 9.47 Å². The molecule has 0 radical (unpaired) electrons. The molecule has 2 N–H and O–H groups in total. The van der Waals surface area contributed by atoms with Gasteiger partial charge in [0.05, 0.1) is 19.1 Å². The van der Waals surface area contributed by atoms with E-state index in [0.717, 1.165) is 22.4 Å². The van der Waals surface area contributed by atoms with Gasteiger partial charge < -0.3 is 20.1 Å². The average Bonchev–Trinajstić information content (AvgIpc) is 3.12. The number of hydrogen-bond acceptors (Lipinski definition) is 5. The van der Waals surface area contributed by atoms with Crippen LogP contribution < -0.4 is 20.1 Å². The minimum absolute atomic E-state index is 0.120. The zero-order valence-electron chi connectivity index (χ0n) is 17.2. The molecule has 0 spiro atoms. The highest BCUT2D eigenvalue weighted by molar-refractivity contribution is 5.93. The number of carbonyl (C=O) groups excluding carboxylic acids is 2. The second-order valence-corrected chi connectivity index (χ2v) is 7.37. The summed E-state index contributed by atoms with van der Waals surface area (Å²) >= 11 is 0. The highest BCUT2D eigenvalue weighted by Crippen LogP contribution is 2.34. The van der Waals surface area contributed by atoms with Crippen LogP contribution in [0, 0.1) is 13.8 Å². The molecule has 0 aromatic heterocycles. The molecule has 29 heavy (non-hydrogen) atoms. The SMILES string of the molecule is Cc1cccc(NC(=O)CN(C)CC(=O)N[C@@H](C)c2ccc3c(c2)OCO3)c1C. The second kappa shape index (κ2) is 8.96. The van der Waals surface area contributed by atoms with Crippen LogP contribution >= 0.6 is 0 Å². The predicted octanol–water partition coefficient (Wildman–Crippen LogP) is 2.78. The van der Waals surface area contributed by atoms with E-state index in [1.54, 1.807) is 11.9 Å². The first-order chi connectivity index (χ1) is 13.8. The van der Waals surface area contributed by atoms with E-state index in [1.807, 2.05) is 57.2 Å². The quantitative estimate of drug-likeness (QED) is 0.751. The summed E-state index contributed by atoms with van der Waals surface area (Å²) in [5.74, 6) is 1.08. The Kier molecular flexibility index (Phi) is 6.39. The topological polar surface area (TPSA) is 79.9 Å². The largest absolute Gasteiger partial charge is 0.454 e. The Hall–Kier alpha value is -3.06. The Morgan fingerprint density at radius 2 is 1.79 bits per heavy atom. The van der Waals surface area contributed by atoms with Crippen molar-refractivity contribution in [1.82, 2.24) is 10.2 Å². The highest BCUT2D eigenvalue weighted by Gasteiger charge is 2.18. The van der Waals surface area contributed by atoms with Crippen molar-refractivity contribution in [2.24, 2.45) is 0 Å². The highest BCUT2D eigenvalue weighted by atomic mass is 16.7. The number of carbonyl (C=O) groups is 2. The van der Waals surface area contributed by atoms with Gasteiger partial charge in [-0.3, -0.25) is 14.5 Å². The molecule has 0 fully saturated rings. The first kappa shape index (κ1) is 20.7. The van der Waals surface area contributed by atoms with Gasteiger partial charge in [-0.05, 0) is 62.7 Å². The van der Waals surface area contributed by atoms with Gasteiger partial charge in [0.15, 0.2) is 11.5 Å². The van der Waals surface area contributed by atoms with Gasteiger partial charge >= 0.3 is 0 Å². The van der Waals surface area contributed by atoms with Crippen molar-refractivity contribution >= 4 is 17.5 Å². The minimum Gasteiger partial charge on any atom is -0.454 e. The van der Waals surface area contributed by atoms with Crippen molar-refractivity contribution in [2.45, 2.75) is 26.8 Å². The number of ether oxygens (including phenoxy) is 2. The Morgan fingerprint density at radius 3 is 2.59 bits per heavy atom. The third kappa shape index (κ3) is 5.26. The molecule has 7 nitrogen and oxygen atoms in total. The standard InChI is InChI=1S/C22H27N3O4/c1-14-6-5-7-18(15(14)2)24-22(27)12-25(4)11-21(26)23-16(3)17-8-9-19-20(10-17)29-13-28-19/h5-10,16H,11-13H2,1-4H3,(H,23,26)(H,24,27)/t16-/m0/s1. The molecule has 0 saturated carbocycles. The zero-order valence-corrected chi connectivity index (χ0v) is 17.2. The maximum absolute atomic E-state index is 12.4. The lowest BCUT2D eigenvalue weighted by Crippen LogP contribution is -2.39. The monoisotopic (exact) mass is 397 g/mol. The number of nitrogens with one attached hydrogen (secondary N) is 2. The molecule has 1 aliphatic heterocycles. The van der Waals surface area contributed by atoms with Gasteiger partial charge in [0.25, 0.3) is 0 Å². The predicted molar refractivity (Wildman–Crippen MR) is 111 cm³/mol. The average molecular weight is 397 g/mol. The summed E-state index contributed by atoms with van der Waals surface area (Å²) in [7, 11) is 1.74. The summed E-state index contributed by atoms with van der Waals surface area (Å²) in [5.41, 5.74) is 3.88. The molecule has 2 aromatic rings. The van der Waals surface area contributed by atoms with Gasteiger partial charge in [0.1, 0.15) is 0 Å². The Balaban J connectivity index is 1.48. The summed E-state index contributed by atoms with van der Waals surface area (Å²) in [4.78, 5) is 26.4. The van der Waals surface area contributed by atoms with Crippen LogP contribution in [0.2, 0.25) is 0 Å². The Bertz CT molecular complexity index is 913. The number of benzene rings is 2. The summed E-state index contributed by atoms with van der Waals surface area (Å²) in [6.45, 7) is 6.34. The number of amides is 2. The van der Waals surface area contributed by atoms with Gasteiger partial charge in [-0.2, -0.15) is 0 Å². The fraction of sp³-hybridized carbons (Fsp3) is 0.364. The minimum atomic E-state index is -0.186. The van der Waals surface area contributed by atoms with Crippen LogP contribution in [0.3, 0.4) is 0 Å². The molecule has 7 heteroatoms. The van der Waals surface area contributed by atoms with E-state index >= 15 is 0 Å². The van der Waals surface area contributed by atoms with Gasteiger partial charge in [-0.1, -0.05) is 18.2 Å². The van der Waals surface area contributed by atoms with Crippen LogP contribution in [0.25, 0.3) is 0 Å². The summed E-state index contributed by atoms with van der Waals surface area (Å²) in [5, 5.41) is 5.86. The molecule has 2 aromatic carbocycles. The molecular weight excluding hydrogens is 370 g/mol. The molecule has 0 aliphatic carbocycles. The molecule has 0 unspecified atom stereocenters. The Morgan fingerprint density at radius 1 is 1.07 bits per heavy atom. The van der Waals surface area contributed by atoms with Crippen LogP contribution in [0.1, 0.15) is 29.7 Å². The van der Waals surface area contributed by atoms with E-state index in [0.29, 0.717) is 11.5 Å². The number of aryl methyl sites for hydroxylation is 1. The second-order valence-electron chi connectivity index (χ2n) is 7.37. The molecule has 0 bridgehead atoms. The van der Waals surface area contributed by atoms with Gasteiger partial charge in [-0.25, -0.2) is 0 Å². The fourth-order valence-corrected chi connectivity index (χ4v) is 3.18. The number of likely N-dealkylation sites (N-methyl/N-ethyl adjacent to an activating group) is 1. The van der Waals surface area contributed by atoms with Crippen molar-refractivity contribution in [3.05, 3.63) is 53.1 Å². The molecular formula is C22H27N3O4. The zero-order chi connectivity index (χ0) is 21.0. The molecule has 2 amide bonds. The van der Waals surface area contributed by atoms with Crippen LogP contribution in [0.4, 0.5) is 5.69 Å². The van der Waals surface area contributed by atoms with E-state index in [1.165, 1.54) is 0 Å². The maximum Gasteiger partial charge on any atom is 0.238 e. The van der Waals surface area contributed by atoms with Gasteiger partial charge in [0.2, 0.25) is 18.6 Å². The summed E-state index contributed by atoms with van der Waals surface area (Å²) in [6, 6.07) is 11.2. The van der Waals surface area contributed by atoms with Crippen molar-refractivity contribution in [1.29, 1.82) is 0 Å². The fourth-order valence-electron chi connectivity index (χ4n) is 3.18. The number of anilines is 1. The number of hydrogen-bond donors (Lipinski definition) is 2. The maximum atomic E-state index is 12.4. The number of rotatable bonds is 7. The van der Waals surface area contributed by atoms with E-state index in [2.05, 4.69) is 10.6 Å². The van der Waals surface area contributed by atoms with E-state index in [9.17, 15) is 9.59 Å². The lowest BCUT2D eigenvalue weighted by molar-refractivity contribution is -0.123. The van der Waals surface area contributed by atoms with Crippen LogP contribution in [0.15, 0.2) is 36.4 Å². The smallest absolute Gasteiger partial charge is 0.238 e. The van der Waals surface area contributed by atoms with Crippen molar-refractivity contribution in [3.8, 4) is 11.5 Å². The van der Waals surface area contributed by atoms with E-state index < -0.39 is 0 Å².